The van der Waals surface area contributed by atoms with E-state index in [-0.39, 0.29) is 0 Å². The first kappa shape index (κ1) is 15.0. The fourth-order valence-electron chi connectivity index (χ4n) is 3.16. The molecule has 1 N–H and O–H groups in total. The molecular formula is C16H33N. The summed E-state index contributed by atoms with van der Waals surface area (Å²) in [6.45, 7) is 2.29. The third-order valence-electron chi connectivity index (χ3n) is 4.46. The van der Waals surface area contributed by atoms with Gasteiger partial charge in [0, 0.05) is 6.04 Å². The van der Waals surface area contributed by atoms with Crippen LogP contribution in [0, 0.1) is 5.92 Å². The summed E-state index contributed by atoms with van der Waals surface area (Å²) in [7, 11) is 2.14. The quantitative estimate of drug-likeness (QED) is 0.534. The fraction of sp³-hybridized carbons (Fsp3) is 1.00. The molecule has 102 valence electrons. The highest BCUT2D eigenvalue weighted by molar-refractivity contribution is 4.72. The van der Waals surface area contributed by atoms with Gasteiger partial charge in [-0.15, -0.1) is 0 Å². The lowest BCUT2D eigenvalue weighted by Crippen LogP contribution is -2.25. The molecule has 1 heteroatoms. The van der Waals surface area contributed by atoms with Crippen LogP contribution in [0.2, 0.25) is 0 Å². The van der Waals surface area contributed by atoms with E-state index in [2.05, 4.69) is 19.3 Å². The molecule has 0 radical (unpaired) electrons. The van der Waals surface area contributed by atoms with E-state index in [0.717, 1.165) is 12.0 Å². The maximum absolute atomic E-state index is 3.52. The molecule has 1 aliphatic carbocycles. The molecule has 0 saturated heterocycles. The van der Waals surface area contributed by atoms with Crippen LogP contribution < -0.4 is 5.32 Å². The first-order valence-electron chi connectivity index (χ1n) is 8.04. The van der Waals surface area contributed by atoms with Crippen LogP contribution in [0.5, 0.6) is 0 Å². The van der Waals surface area contributed by atoms with E-state index in [4.69, 9.17) is 0 Å². The Morgan fingerprint density at radius 2 is 1.71 bits per heavy atom. The smallest absolute Gasteiger partial charge is 0.00641 e. The number of hydrogen-bond acceptors (Lipinski definition) is 1. The molecule has 0 bridgehead atoms. The van der Waals surface area contributed by atoms with E-state index < -0.39 is 0 Å². The van der Waals surface area contributed by atoms with Crippen molar-refractivity contribution in [2.45, 2.75) is 90.0 Å². The molecular weight excluding hydrogens is 206 g/mol. The lowest BCUT2D eigenvalue weighted by Gasteiger charge is -2.18. The lowest BCUT2D eigenvalue weighted by molar-refractivity contribution is 0.395. The van der Waals surface area contributed by atoms with Gasteiger partial charge < -0.3 is 5.32 Å². The molecule has 1 nitrogen and oxygen atoms in total. The summed E-state index contributed by atoms with van der Waals surface area (Å²) in [5, 5.41) is 3.52. The standard InChI is InChI=1S/C16H33N/c1-3-4-5-6-7-12-16(17-2)14-13-15-10-8-9-11-15/h15-17H,3-14H2,1-2H3. The molecule has 0 aromatic heterocycles. The second-order valence-corrected chi connectivity index (χ2v) is 5.92. The molecule has 1 aliphatic rings. The van der Waals surface area contributed by atoms with Crippen molar-refractivity contribution < 1.29 is 0 Å². The normalized spacial score (nSPS) is 18.7. The first-order valence-corrected chi connectivity index (χ1v) is 8.04. The Hall–Kier alpha value is -0.0400. The minimum Gasteiger partial charge on any atom is -0.317 e. The van der Waals surface area contributed by atoms with Crippen molar-refractivity contribution >= 4 is 0 Å². The largest absolute Gasteiger partial charge is 0.317 e. The average Bonchev–Trinajstić information content (AvgIpc) is 2.86. The zero-order valence-corrected chi connectivity index (χ0v) is 12.1. The Bertz CT molecular complexity index is 161. The van der Waals surface area contributed by atoms with Crippen LogP contribution in [0.3, 0.4) is 0 Å². The summed E-state index contributed by atoms with van der Waals surface area (Å²) in [6, 6.07) is 0.789. The maximum Gasteiger partial charge on any atom is 0.00641 e. The van der Waals surface area contributed by atoms with Crippen molar-refractivity contribution in [3.05, 3.63) is 0 Å². The molecule has 0 amide bonds. The summed E-state index contributed by atoms with van der Waals surface area (Å²) < 4.78 is 0. The Morgan fingerprint density at radius 1 is 1.00 bits per heavy atom. The van der Waals surface area contributed by atoms with Gasteiger partial charge >= 0.3 is 0 Å². The van der Waals surface area contributed by atoms with Crippen molar-refractivity contribution in [1.82, 2.24) is 5.32 Å². The lowest BCUT2D eigenvalue weighted by atomic mass is 9.96. The second-order valence-electron chi connectivity index (χ2n) is 5.92. The predicted octanol–water partition coefficient (Wildman–Crippen LogP) is 4.91. The highest BCUT2D eigenvalue weighted by Crippen LogP contribution is 2.29. The molecule has 0 spiro atoms. The van der Waals surface area contributed by atoms with Crippen molar-refractivity contribution in [1.29, 1.82) is 0 Å². The van der Waals surface area contributed by atoms with E-state index >= 15 is 0 Å². The Balaban J connectivity index is 1.98. The summed E-state index contributed by atoms with van der Waals surface area (Å²) in [6.07, 6.45) is 17.4. The average molecular weight is 239 g/mol. The number of nitrogens with one attached hydrogen (secondary N) is 1. The Morgan fingerprint density at radius 3 is 2.35 bits per heavy atom. The van der Waals surface area contributed by atoms with Gasteiger partial charge in [0.1, 0.15) is 0 Å². The summed E-state index contributed by atoms with van der Waals surface area (Å²) in [5.41, 5.74) is 0. The van der Waals surface area contributed by atoms with Crippen LogP contribution in [0.4, 0.5) is 0 Å². The van der Waals surface area contributed by atoms with Crippen molar-refractivity contribution in [2.75, 3.05) is 7.05 Å². The fourth-order valence-corrected chi connectivity index (χ4v) is 3.16. The zero-order valence-electron chi connectivity index (χ0n) is 12.1. The first-order chi connectivity index (χ1) is 8.36. The molecule has 17 heavy (non-hydrogen) atoms. The highest BCUT2D eigenvalue weighted by atomic mass is 14.9. The van der Waals surface area contributed by atoms with E-state index in [9.17, 15) is 0 Å². The predicted molar refractivity (Wildman–Crippen MR) is 77.4 cm³/mol. The van der Waals surface area contributed by atoms with Gasteiger partial charge in [0.05, 0.1) is 0 Å². The van der Waals surface area contributed by atoms with Gasteiger partial charge in [0.2, 0.25) is 0 Å². The molecule has 1 saturated carbocycles. The van der Waals surface area contributed by atoms with E-state index in [1.165, 1.54) is 77.0 Å². The molecule has 0 heterocycles. The minimum absolute atomic E-state index is 0.789. The summed E-state index contributed by atoms with van der Waals surface area (Å²) in [5.74, 6) is 1.06. The van der Waals surface area contributed by atoms with Gasteiger partial charge in [-0.05, 0) is 32.2 Å². The zero-order chi connectivity index (χ0) is 12.3. The van der Waals surface area contributed by atoms with Crippen LogP contribution in [0.25, 0.3) is 0 Å². The van der Waals surface area contributed by atoms with Gasteiger partial charge in [0.15, 0.2) is 0 Å². The number of unbranched alkanes of at least 4 members (excludes halogenated alkanes) is 4. The van der Waals surface area contributed by atoms with Crippen molar-refractivity contribution in [3.63, 3.8) is 0 Å². The van der Waals surface area contributed by atoms with Gasteiger partial charge in [0.25, 0.3) is 0 Å². The molecule has 1 fully saturated rings. The summed E-state index contributed by atoms with van der Waals surface area (Å²) >= 11 is 0. The molecule has 0 aliphatic heterocycles. The van der Waals surface area contributed by atoms with Gasteiger partial charge in [-0.1, -0.05) is 64.7 Å². The van der Waals surface area contributed by atoms with Gasteiger partial charge in [-0.25, -0.2) is 0 Å². The molecule has 0 aromatic rings. The minimum atomic E-state index is 0.789. The highest BCUT2D eigenvalue weighted by Gasteiger charge is 2.16. The van der Waals surface area contributed by atoms with E-state index in [1.54, 1.807) is 0 Å². The Labute approximate surface area is 109 Å². The van der Waals surface area contributed by atoms with Crippen LogP contribution in [-0.4, -0.2) is 13.1 Å². The van der Waals surface area contributed by atoms with Crippen molar-refractivity contribution in [2.24, 2.45) is 5.92 Å². The number of hydrogen-bond donors (Lipinski definition) is 1. The van der Waals surface area contributed by atoms with Crippen LogP contribution in [-0.2, 0) is 0 Å². The molecule has 0 aromatic carbocycles. The molecule has 1 atom stereocenters. The SMILES string of the molecule is CCCCCCCC(CCC1CCCC1)NC. The third-order valence-corrected chi connectivity index (χ3v) is 4.46. The monoisotopic (exact) mass is 239 g/mol. The van der Waals surface area contributed by atoms with Crippen molar-refractivity contribution in [3.8, 4) is 0 Å². The topological polar surface area (TPSA) is 12.0 Å². The number of rotatable bonds is 10. The van der Waals surface area contributed by atoms with Crippen LogP contribution in [0.1, 0.15) is 84.0 Å². The maximum atomic E-state index is 3.52. The summed E-state index contributed by atoms with van der Waals surface area (Å²) in [4.78, 5) is 0. The van der Waals surface area contributed by atoms with E-state index in [1.807, 2.05) is 0 Å². The van der Waals surface area contributed by atoms with Gasteiger partial charge in [-0.3, -0.25) is 0 Å². The van der Waals surface area contributed by atoms with Crippen LogP contribution in [0.15, 0.2) is 0 Å². The molecule has 1 unspecified atom stereocenters. The third kappa shape index (κ3) is 7.08. The van der Waals surface area contributed by atoms with E-state index in [0.29, 0.717) is 0 Å². The van der Waals surface area contributed by atoms with Crippen LogP contribution >= 0.6 is 0 Å². The molecule has 1 rings (SSSR count). The Kier molecular flexibility index (Phi) is 8.78. The van der Waals surface area contributed by atoms with Gasteiger partial charge in [-0.2, -0.15) is 0 Å². The second kappa shape index (κ2) is 9.94.